The third-order valence-electron chi connectivity index (χ3n) is 2.42. The number of amidine groups is 1. The molecule has 1 aromatic heterocycles. The van der Waals surface area contributed by atoms with Crippen molar-refractivity contribution in [1.29, 1.82) is 0 Å². The number of nitrogens with one attached hydrogen (secondary N) is 1. The highest BCUT2D eigenvalue weighted by Crippen LogP contribution is 2.13. The van der Waals surface area contributed by atoms with Crippen LogP contribution in [0.4, 0.5) is 0 Å². The molecular formula is C14H18BN3O5. The van der Waals surface area contributed by atoms with Gasteiger partial charge in [0.05, 0.1) is 7.11 Å². The summed E-state index contributed by atoms with van der Waals surface area (Å²) in [5.74, 6) is -1.48. The van der Waals surface area contributed by atoms with E-state index in [1.54, 1.807) is 20.8 Å². The van der Waals surface area contributed by atoms with Crippen LogP contribution in [0.25, 0.3) is 0 Å². The molecule has 1 heterocycles. The van der Waals surface area contributed by atoms with Gasteiger partial charge in [-0.05, 0) is 26.8 Å². The molecule has 1 amide bonds. The van der Waals surface area contributed by atoms with Gasteiger partial charge in [-0.25, -0.2) is 4.98 Å². The van der Waals surface area contributed by atoms with Gasteiger partial charge in [0.25, 0.3) is 5.91 Å². The molecule has 8 nitrogen and oxygen atoms in total. The van der Waals surface area contributed by atoms with E-state index in [0.29, 0.717) is 5.46 Å². The Morgan fingerprint density at radius 3 is 2.61 bits per heavy atom. The molecule has 0 saturated heterocycles. The van der Waals surface area contributed by atoms with E-state index in [2.05, 4.69) is 15.5 Å². The number of hydrogen-bond acceptors (Lipinski definition) is 7. The Hall–Kier alpha value is -2.58. The fourth-order valence-electron chi connectivity index (χ4n) is 1.59. The predicted octanol–water partition coefficient (Wildman–Crippen LogP) is 0.133. The second-order valence-electron chi connectivity index (χ2n) is 5.58. The second-order valence-corrected chi connectivity index (χ2v) is 5.58. The van der Waals surface area contributed by atoms with Crippen LogP contribution >= 0.6 is 0 Å². The first kappa shape index (κ1) is 18.5. The second kappa shape index (κ2) is 7.62. The molecule has 0 unspecified atom stereocenters. The lowest BCUT2D eigenvalue weighted by atomic mass is 9.98. The summed E-state index contributed by atoms with van der Waals surface area (Å²) in [5.41, 5.74) is -0.432. The molecule has 0 aliphatic carbocycles. The predicted molar refractivity (Wildman–Crippen MR) is 83.3 cm³/mol. The maximum absolute atomic E-state index is 12.1. The number of carbonyl (C=O) groups excluding carboxylic acids is 2. The molecule has 2 N–H and O–H groups in total. The third-order valence-corrected chi connectivity index (χ3v) is 2.42. The minimum absolute atomic E-state index is 0.0629. The van der Waals surface area contributed by atoms with Crippen molar-refractivity contribution in [2.45, 2.75) is 32.8 Å². The van der Waals surface area contributed by atoms with Crippen LogP contribution in [0.5, 0.6) is 5.75 Å². The molecule has 0 fully saturated rings. The summed E-state index contributed by atoms with van der Waals surface area (Å²) in [5, 5.41) is 14.1. The molecule has 0 bridgehead atoms. The SMILES string of the molecule is [B]c1cnc(C(=O)N/C(CC(=O)OC(C)(C)C)=N\O)c(OC)c1. The molecule has 0 saturated carbocycles. The van der Waals surface area contributed by atoms with E-state index in [-0.39, 0.29) is 17.3 Å². The standard InChI is InChI=1S/C14H18BN3O5/c1-14(2,3)23-11(19)6-10(18-21)17-13(20)12-9(22-4)5-8(15)7-16-12/h5,7,21H,6H2,1-4H3,(H,17,18,20). The fraction of sp³-hybridized carbons (Fsp3) is 0.429. The molecule has 0 aliphatic heterocycles. The molecule has 23 heavy (non-hydrogen) atoms. The number of esters is 1. The first-order valence-electron chi connectivity index (χ1n) is 6.70. The van der Waals surface area contributed by atoms with Crippen molar-refractivity contribution in [3.8, 4) is 5.75 Å². The Bertz CT molecular complexity index is 625. The summed E-state index contributed by atoms with van der Waals surface area (Å²) in [7, 11) is 6.91. The molecule has 122 valence electrons. The molecule has 9 heteroatoms. The number of methoxy groups -OCH3 is 1. The quantitative estimate of drug-likeness (QED) is 0.204. The summed E-state index contributed by atoms with van der Waals surface area (Å²) in [6.45, 7) is 5.09. The number of rotatable bonds is 4. The molecule has 1 aromatic rings. The smallest absolute Gasteiger partial charge is 0.314 e. The number of nitrogens with zero attached hydrogens (tertiary/aromatic N) is 2. The monoisotopic (exact) mass is 319 g/mol. The highest BCUT2D eigenvalue weighted by atomic mass is 16.6. The summed E-state index contributed by atoms with van der Waals surface area (Å²) in [6, 6.07) is 1.42. The lowest BCUT2D eigenvalue weighted by Gasteiger charge is -2.19. The maximum Gasteiger partial charge on any atom is 0.314 e. The van der Waals surface area contributed by atoms with Gasteiger partial charge in [0.1, 0.15) is 25.6 Å². The van der Waals surface area contributed by atoms with Gasteiger partial charge in [-0.3, -0.25) is 9.59 Å². The van der Waals surface area contributed by atoms with Gasteiger partial charge in [-0.1, -0.05) is 10.6 Å². The molecule has 0 aliphatic rings. The average Bonchev–Trinajstić information content (AvgIpc) is 2.44. The van der Waals surface area contributed by atoms with Crippen molar-refractivity contribution in [3.05, 3.63) is 18.0 Å². The number of hydrogen-bond donors (Lipinski definition) is 2. The van der Waals surface area contributed by atoms with E-state index in [1.165, 1.54) is 19.4 Å². The summed E-state index contributed by atoms with van der Waals surface area (Å²) < 4.78 is 10.1. The summed E-state index contributed by atoms with van der Waals surface area (Å²) in [6.07, 6.45) is 0.873. The van der Waals surface area contributed by atoms with Gasteiger partial charge in [-0.15, -0.1) is 0 Å². The van der Waals surface area contributed by atoms with Crippen LogP contribution < -0.4 is 15.5 Å². The Labute approximate surface area is 135 Å². The van der Waals surface area contributed by atoms with E-state index < -0.39 is 23.9 Å². The number of ether oxygens (including phenoxy) is 2. The van der Waals surface area contributed by atoms with E-state index in [9.17, 15) is 9.59 Å². The van der Waals surface area contributed by atoms with Crippen molar-refractivity contribution >= 4 is 31.0 Å². The zero-order valence-electron chi connectivity index (χ0n) is 13.4. The summed E-state index contributed by atoms with van der Waals surface area (Å²) in [4.78, 5) is 27.7. The topological polar surface area (TPSA) is 110 Å². The van der Waals surface area contributed by atoms with Crippen molar-refractivity contribution in [1.82, 2.24) is 10.3 Å². The Morgan fingerprint density at radius 2 is 2.09 bits per heavy atom. The zero-order chi connectivity index (χ0) is 17.6. The van der Waals surface area contributed by atoms with Crippen LogP contribution in [0.15, 0.2) is 17.4 Å². The van der Waals surface area contributed by atoms with Crippen LogP contribution in [0.3, 0.4) is 0 Å². The van der Waals surface area contributed by atoms with Crippen molar-refractivity contribution in [2.75, 3.05) is 7.11 Å². The molecular weight excluding hydrogens is 301 g/mol. The molecule has 0 atom stereocenters. The summed E-state index contributed by atoms with van der Waals surface area (Å²) >= 11 is 0. The Balaban J connectivity index is 2.80. The fourth-order valence-corrected chi connectivity index (χ4v) is 1.59. The lowest BCUT2D eigenvalue weighted by molar-refractivity contribution is -0.153. The zero-order valence-corrected chi connectivity index (χ0v) is 13.4. The number of amides is 1. The number of carbonyl (C=O) groups is 2. The van der Waals surface area contributed by atoms with Crippen LogP contribution in [0.2, 0.25) is 0 Å². The van der Waals surface area contributed by atoms with Crippen molar-refractivity contribution < 1.29 is 24.3 Å². The van der Waals surface area contributed by atoms with Gasteiger partial charge in [0.2, 0.25) is 0 Å². The highest BCUT2D eigenvalue weighted by molar-refractivity contribution is 6.32. The third kappa shape index (κ3) is 5.97. The highest BCUT2D eigenvalue weighted by Gasteiger charge is 2.21. The Kier molecular flexibility index (Phi) is 6.12. The normalized spacial score (nSPS) is 11.7. The average molecular weight is 319 g/mol. The molecule has 0 spiro atoms. The molecule has 0 aromatic carbocycles. The van der Waals surface area contributed by atoms with Crippen LogP contribution in [0.1, 0.15) is 37.7 Å². The van der Waals surface area contributed by atoms with Crippen molar-refractivity contribution in [3.63, 3.8) is 0 Å². The molecule has 1 rings (SSSR count). The molecule has 2 radical (unpaired) electrons. The van der Waals surface area contributed by atoms with Gasteiger partial charge in [-0.2, -0.15) is 0 Å². The van der Waals surface area contributed by atoms with E-state index in [1.807, 2.05) is 0 Å². The van der Waals surface area contributed by atoms with Crippen molar-refractivity contribution in [2.24, 2.45) is 5.16 Å². The van der Waals surface area contributed by atoms with E-state index in [0.717, 1.165) is 0 Å². The van der Waals surface area contributed by atoms with E-state index in [4.69, 9.17) is 22.5 Å². The largest absolute Gasteiger partial charge is 0.494 e. The van der Waals surface area contributed by atoms with Crippen LogP contribution in [0, 0.1) is 0 Å². The van der Waals surface area contributed by atoms with Gasteiger partial charge in [0, 0.05) is 6.20 Å². The maximum atomic E-state index is 12.1. The lowest BCUT2D eigenvalue weighted by Crippen LogP contribution is -2.35. The first-order chi connectivity index (χ1) is 10.7. The number of aromatic nitrogens is 1. The first-order valence-corrected chi connectivity index (χ1v) is 6.70. The van der Waals surface area contributed by atoms with Gasteiger partial charge < -0.3 is 20.0 Å². The van der Waals surface area contributed by atoms with Gasteiger partial charge in [0.15, 0.2) is 11.5 Å². The van der Waals surface area contributed by atoms with Crippen LogP contribution in [-0.2, 0) is 9.53 Å². The Morgan fingerprint density at radius 1 is 1.43 bits per heavy atom. The number of oxime groups is 1. The van der Waals surface area contributed by atoms with Gasteiger partial charge >= 0.3 is 5.97 Å². The number of pyridine rings is 1. The van der Waals surface area contributed by atoms with Crippen LogP contribution in [-0.4, -0.2) is 48.5 Å². The minimum atomic E-state index is -0.710. The minimum Gasteiger partial charge on any atom is -0.494 e. The van der Waals surface area contributed by atoms with E-state index >= 15 is 0 Å².